The maximum Gasteiger partial charge on any atom is 0.256 e. The van der Waals surface area contributed by atoms with Crippen molar-refractivity contribution in [2.45, 2.75) is 25.4 Å². The van der Waals surface area contributed by atoms with Crippen molar-refractivity contribution in [1.82, 2.24) is 9.78 Å². The monoisotopic (exact) mass is 383 g/mol. The van der Waals surface area contributed by atoms with E-state index in [4.69, 9.17) is 16.7 Å². The molecule has 4 rings (SSSR count). The molecule has 1 aliphatic heterocycles. The van der Waals surface area contributed by atoms with Gasteiger partial charge in [0.05, 0.1) is 11.4 Å². The van der Waals surface area contributed by atoms with Crippen LogP contribution in [0.3, 0.4) is 0 Å². The van der Waals surface area contributed by atoms with Crippen LogP contribution in [0.15, 0.2) is 42.5 Å². The first kappa shape index (κ1) is 17.2. The highest BCUT2D eigenvalue weighted by Crippen LogP contribution is 2.36. The average Bonchev–Trinajstić information content (AvgIpc) is 3.17. The molecular weight excluding hydrogens is 366 g/mol. The quantitative estimate of drug-likeness (QED) is 0.681. The summed E-state index contributed by atoms with van der Waals surface area (Å²) >= 11 is 7.81. The van der Waals surface area contributed by atoms with Gasteiger partial charge in [0.25, 0.3) is 5.91 Å². The zero-order valence-electron chi connectivity index (χ0n) is 14.5. The van der Waals surface area contributed by atoms with E-state index in [0.29, 0.717) is 10.6 Å². The molecule has 0 unspecified atom stereocenters. The maximum absolute atomic E-state index is 12.9. The Morgan fingerprint density at radius 1 is 1.12 bits per heavy atom. The van der Waals surface area contributed by atoms with E-state index < -0.39 is 0 Å². The van der Waals surface area contributed by atoms with Crippen LogP contribution >= 0.6 is 23.4 Å². The molecule has 2 heterocycles. The Bertz CT molecular complexity index is 975. The van der Waals surface area contributed by atoms with Crippen molar-refractivity contribution >= 4 is 35.1 Å². The second kappa shape index (κ2) is 6.82. The van der Waals surface area contributed by atoms with E-state index in [2.05, 4.69) is 11.4 Å². The highest BCUT2D eigenvalue weighted by molar-refractivity contribution is 7.98. The lowest BCUT2D eigenvalue weighted by atomic mass is 10.1. The molecule has 1 aromatic heterocycles. The van der Waals surface area contributed by atoms with E-state index in [9.17, 15) is 4.79 Å². The Hall–Kier alpha value is -2.24. The number of nitrogens with one attached hydrogen (secondary N) is 1. The van der Waals surface area contributed by atoms with E-state index in [0.717, 1.165) is 45.4 Å². The average molecular weight is 384 g/mol. The van der Waals surface area contributed by atoms with Gasteiger partial charge in [-0.3, -0.25) is 4.79 Å². The largest absolute Gasteiger partial charge is 0.306 e. The van der Waals surface area contributed by atoms with Crippen LogP contribution in [-0.2, 0) is 11.5 Å². The first-order valence-electron chi connectivity index (χ1n) is 8.35. The minimum atomic E-state index is -0.119. The molecule has 0 aliphatic carbocycles. The number of aryl methyl sites for hydroxylation is 2. The summed E-state index contributed by atoms with van der Waals surface area (Å²) in [6.45, 7) is 3.99. The van der Waals surface area contributed by atoms with Gasteiger partial charge in [0, 0.05) is 27.7 Å². The minimum Gasteiger partial charge on any atom is -0.306 e. The minimum absolute atomic E-state index is 0.119. The molecule has 0 fully saturated rings. The van der Waals surface area contributed by atoms with Crippen molar-refractivity contribution in [3.63, 3.8) is 0 Å². The summed E-state index contributed by atoms with van der Waals surface area (Å²) in [5.74, 6) is 2.34. The van der Waals surface area contributed by atoms with Gasteiger partial charge < -0.3 is 5.32 Å². The number of amides is 1. The molecule has 0 saturated heterocycles. The number of rotatable bonds is 3. The lowest BCUT2D eigenvalue weighted by Crippen LogP contribution is -2.16. The van der Waals surface area contributed by atoms with Crippen molar-refractivity contribution in [2.24, 2.45) is 0 Å². The molecule has 0 atom stereocenters. The van der Waals surface area contributed by atoms with Gasteiger partial charge in [-0.25, -0.2) is 4.68 Å². The van der Waals surface area contributed by atoms with Crippen molar-refractivity contribution < 1.29 is 4.79 Å². The Labute approximate surface area is 161 Å². The SMILES string of the molecule is Cc1cc(C)cc(C(=O)Nc2c3c(nn2-c2ccc(Cl)cc2)CSC3)c1. The predicted molar refractivity (Wildman–Crippen MR) is 107 cm³/mol. The number of nitrogens with zero attached hydrogens (tertiary/aromatic N) is 2. The Morgan fingerprint density at radius 2 is 1.81 bits per heavy atom. The van der Waals surface area contributed by atoms with Gasteiger partial charge in [-0.05, 0) is 50.2 Å². The van der Waals surface area contributed by atoms with Gasteiger partial charge >= 0.3 is 0 Å². The van der Waals surface area contributed by atoms with E-state index in [-0.39, 0.29) is 5.91 Å². The lowest BCUT2D eigenvalue weighted by Gasteiger charge is -2.12. The zero-order valence-corrected chi connectivity index (χ0v) is 16.1. The lowest BCUT2D eigenvalue weighted by molar-refractivity contribution is 0.102. The van der Waals surface area contributed by atoms with Gasteiger partial charge in [0.1, 0.15) is 5.82 Å². The van der Waals surface area contributed by atoms with E-state index >= 15 is 0 Å². The van der Waals surface area contributed by atoms with Crippen LogP contribution in [0.25, 0.3) is 5.69 Å². The predicted octanol–water partition coefficient (Wildman–Crippen LogP) is 5.14. The van der Waals surface area contributed by atoms with Crippen molar-refractivity contribution in [3.8, 4) is 5.69 Å². The molecule has 3 aromatic rings. The molecule has 26 heavy (non-hydrogen) atoms. The van der Waals surface area contributed by atoms with Crippen LogP contribution in [0.2, 0.25) is 5.02 Å². The molecule has 6 heteroatoms. The zero-order chi connectivity index (χ0) is 18.3. The number of carbonyl (C=O) groups is 1. The molecular formula is C20H18ClN3OS. The fourth-order valence-electron chi connectivity index (χ4n) is 3.20. The van der Waals surface area contributed by atoms with Gasteiger partial charge in [0.15, 0.2) is 0 Å². The highest BCUT2D eigenvalue weighted by Gasteiger charge is 2.25. The van der Waals surface area contributed by atoms with E-state index in [1.165, 1.54) is 0 Å². The number of fused-ring (bicyclic) bond motifs is 1. The number of carbonyl (C=O) groups excluding carboxylic acids is 1. The number of thioether (sulfide) groups is 1. The molecule has 0 spiro atoms. The molecule has 2 aromatic carbocycles. The first-order chi connectivity index (χ1) is 12.5. The molecule has 132 valence electrons. The van der Waals surface area contributed by atoms with Gasteiger partial charge in [-0.1, -0.05) is 28.8 Å². The van der Waals surface area contributed by atoms with Crippen LogP contribution in [0.5, 0.6) is 0 Å². The summed E-state index contributed by atoms with van der Waals surface area (Å²) in [6.07, 6.45) is 0. The Kier molecular flexibility index (Phi) is 4.51. The van der Waals surface area contributed by atoms with Crippen LogP contribution in [0, 0.1) is 13.8 Å². The topological polar surface area (TPSA) is 46.9 Å². The molecule has 1 amide bonds. The number of hydrogen-bond donors (Lipinski definition) is 1. The third-order valence-electron chi connectivity index (χ3n) is 4.34. The number of benzene rings is 2. The number of anilines is 1. The molecule has 0 bridgehead atoms. The second-order valence-corrected chi connectivity index (χ2v) is 7.91. The summed E-state index contributed by atoms with van der Waals surface area (Å²) in [7, 11) is 0. The van der Waals surface area contributed by atoms with Crippen molar-refractivity contribution in [1.29, 1.82) is 0 Å². The highest BCUT2D eigenvalue weighted by atomic mass is 35.5. The molecule has 4 nitrogen and oxygen atoms in total. The second-order valence-electron chi connectivity index (χ2n) is 6.49. The van der Waals surface area contributed by atoms with E-state index in [1.54, 1.807) is 4.68 Å². The van der Waals surface area contributed by atoms with Crippen LogP contribution in [0.1, 0.15) is 32.7 Å². The Morgan fingerprint density at radius 3 is 2.50 bits per heavy atom. The summed E-state index contributed by atoms with van der Waals surface area (Å²) in [5.41, 5.74) is 5.81. The Balaban J connectivity index is 1.73. The van der Waals surface area contributed by atoms with E-state index in [1.807, 2.05) is 62.0 Å². The van der Waals surface area contributed by atoms with Gasteiger partial charge in [-0.2, -0.15) is 16.9 Å². The smallest absolute Gasteiger partial charge is 0.256 e. The third kappa shape index (κ3) is 3.24. The normalized spacial score (nSPS) is 12.9. The number of hydrogen-bond acceptors (Lipinski definition) is 3. The maximum atomic E-state index is 12.9. The molecule has 0 saturated carbocycles. The summed E-state index contributed by atoms with van der Waals surface area (Å²) in [4.78, 5) is 12.9. The summed E-state index contributed by atoms with van der Waals surface area (Å²) in [5, 5.41) is 8.47. The number of aromatic nitrogens is 2. The first-order valence-corrected chi connectivity index (χ1v) is 9.88. The van der Waals surface area contributed by atoms with Crippen LogP contribution in [-0.4, -0.2) is 15.7 Å². The fraction of sp³-hybridized carbons (Fsp3) is 0.200. The molecule has 1 aliphatic rings. The van der Waals surface area contributed by atoms with Crippen molar-refractivity contribution in [2.75, 3.05) is 5.32 Å². The standard InChI is InChI=1S/C20H18ClN3OS/c1-12-7-13(2)9-14(8-12)20(25)22-19-17-10-26-11-18(17)23-24(19)16-5-3-15(21)4-6-16/h3-9H,10-11H2,1-2H3,(H,22,25). The van der Waals surface area contributed by atoms with Gasteiger partial charge in [0.2, 0.25) is 0 Å². The van der Waals surface area contributed by atoms with Crippen LogP contribution < -0.4 is 5.32 Å². The molecule has 0 radical (unpaired) electrons. The number of halogens is 1. The van der Waals surface area contributed by atoms with Crippen LogP contribution in [0.4, 0.5) is 5.82 Å². The third-order valence-corrected chi connectivity index (χ3v) is 5.56. The fourth-order valence-corrected chi connectivity index (χ4v) is 4.36. The van der Waals surface area contributed by atoms with Crippen molar-refractivity contribution in [3.05, 3.63) is 75.4 Å². The summed E-state index contributed by atoms with van der Waals surface area (Å²) in [6, 6.07) is 13.3. The summed E-state index contributed by atoms with van der Waals surface area (Å²) < 4.78 is 1.81. The molecule has 1 N–H and O–H groups in total. The van der Waals surface area contributed by atoms with Gasteiger partial charge in [-0.15, -0.1) is 0 Å².